The van der Waals surface area contributed by atoms with E-state index in [1.165, 1.54) is 25.3 Å². The molecule has 22 heavy (non-hydrogen) atoms. The molecule has 5 atom stereocenters. The average Bonchev–Trinajstić information content (AvgIpc) is 2.96. The van der Waals surface area contributed by atoms with E-state index in [0.29, 0.717) is 17.8 Å². The van der Waals surface area contributed by atoms with Crippen LogP contribution in [0, 0.1) is 17.8 Å². The van der Waals surface area contributed by atoms with Gasteiger partial charge in [0.2, 0.25) is 5.44 Å². The molecule has 0 spiro atoms. The van der Waals surface area contributed by atoms with Gasteiger partial charge in [-0.3, -0.25) is 4.79 Å². The molecule has 0 amide bonds. The number of methoxy groups -OCH3 is 1. The fourth-order valence-corrected chi connectivity index (χ4v) is 4.22. The van der Waals surface area contributed by atoms with E-state index in [1.54, 1.807) is 0 Å². The predicted octanol–water partition coefficient (Wildman–Crippen LogP) is 2.62. The summed E-state index contributed by atoms with van der Waals surface area (Å²) in [6.07, 6.45) is 3.15. The summed E-state index contributed by atoms with van der Waals surface area (Å²) in [7, 11) is 1.34. The molecule has 2 aliphatic rings. The van der Waals surface area contributed by atoms with Gasteiger partial charge in [0.05, 0.1) is 13.7 Å². The van der Waals surface area contributed by atoms with E-state index in [-0.39, 0.29) is 24.6 Å². The number of rotatable bonds is 4. The highest BCUT2D eigenvalue weighted by Gasteiger charge is 2.40. The maximum Gasteiger partial charge on any atom is 0.346 e. The molecule has 0 bridgehead atoms. The Morgan fingerprint density at radius 2 is 1.95 bits per heavy atom. The summed E-state index contributed by atoms with van der Waals surface area (Å²) in [6, 6.07) is 0. The Bertz CT molecular complexity index is 411. The van der Waals surface area contributed by atoms with E-state index >= 15 is 0 Å². The second-order valence-electron chi connectivity index (χ2n) is 6.61. The molecule has 0 unspecified atom stereocenters. The fourth-order valence-electron chi connectivity index (χ4n) is 3.24. The predicted molar refractivity (Wildman–Crippen MR) is 84.4 cm³/mol. The van der Waals surface area contributed by atoms with Gasteiger partial charge >= 0.3 is 11.9 Å². The third-order valence-electron chi connectivity index (χ3n) is 4.57. The molecule has 0 radical (unpaired) electrons. The van der Waals surface area contributed by atoms with Gasteiger partial charge in [-0.15, -0.1) is 11.8 Å². The Balaban J connectivity index is 1.91. The van der Waals surface area contributed by atoms with Crippen molar-refractivity contribution in [2.75, 3.05) is 13.7 Å². The number of esters is 2. The van der Waals surface area contributed by atoms with Crippen LogP contribution in [0.4, 0.5) is 0 Å². The monoisotopic (exact) mass is 330 g/mol. The molecule has 1 aliphatic heterocycles. The molecule has 2 fully saturated rings. The first-order valence-electron chi connectivity index (χ1n) is 7.97. The van der Waals surface area contributed by atoms with Crippen molar-refractivity contribution in [1.82, 2.24) is 0 Å². The minimum atomic E-state index is -0.714. The molecule has 0 N–H and O–H groups in total. The summed E-state index contributed by atoms with van der Waals surface area (Å²) in [5.41, 5.74) is -0.714. The number of ether oxygens (including phenoxy) is 3. The van der Waals surface area contributed by atoms with Gasteiger partial charge in [0.15, 0.2) is 0 Å². The van der Waals surface area contributed by atoms with E-state index in [4.69, 9.17) is 9.47 Å². The summed E-state index contributed by atoms with van der Waals surface area (Å²) in [6.45, 7) is 6.75. The Labute approximate surface area is 136 Å². The standard InChI is InChI=1S/C16H26O5S/c1-9(2)11-6-5-10(3)7-12(11)21-15(18)16-20-8-13(22-16)14(17)19-4/h9-13,16H,5-8H2,1-4H3/t10-,11+,12-,13+,16+/m1/s1. The highest BCUT2D eigenvalue weighted by molar-refractivity contribution is 8.02. The van der Waals surface area contributed by atoms with Crippen LogP contribution in [-0.2, 0) is 23.8 Å². The molecule has 6 heteroatoms. The molecule has 1 saturated heterocycles. The quantitative estimate of drug-likeness (QED) is 0.739. The van der Waals surface area contributed by atoms with Crippen molar-refractivity contribution < 1.29 is 23.8 Å². The van der Waals surface area contributed by atoms with Crippen molar-refractivity contribution in [3.8, 4) is 0 Å². The molecule has 5 nitrogen and oxygen atoms in total. The van der Waals surface area contributed by atoms with E-state index in [1.807, 2.05) is 0 Å². The first-order valence-corrected chi connectivity index (χ1v) is 8.92. The fraction of sp³-hybridized carbons (Fsp3) is 0.875. The molecule has 1 aliphatic carbocycles. The van der Waals surface area contributed by atoms with Gasteiger partial charge in [-0.1, -0.05) is 27.2 Å². The number of carbonyl (C=O) groups excluding carboxylic acids is 2. The van der Waals surface area contributed by atoms with Crippen LogP contribution < -0.4 is 0 Å². The lowest BCUT2D eigenvalue weighted by Gasteiger charge is -2.37. The molecule has 0 aromatic heterocycles. The Hall–Kier alpha value is -0.750. The topological polar surface area (TPSA) is 61.8 Å². The zero-order valence-corrected chi connectivity index (χ0v) is 14.6. The third-order valence-corrected chi connectivity index (χ3v) is 5.81. The van der Waals surface area contributed by atoms with Gasteiger partial charge in [0.1, 0.15) is 11.4 Å². The molecule has 1 heterocycles. The maximum atomic E-state index is 12.3. The van der Waals surface area contributed by atoms with Crippen molar-refractivity contribution in [2.24, 2.45) is 17.8 Å². The molecular formula is C16H26O5S. The van der Waals surface area contributed by atoms with Gasteiger partial charge in [-0.05, 0) is 30.6 Å². The van der Waals surface area contributed by atoms with Gasteiger partial charge in [-0.2, -0.15) is 0 Å². The number of carbonyl (C=O) groups is 2. The lowest BCUT2D eigenvalue weighted by Crippen LogP contribution is -2.37. The van der Waals surface area contributed by atoms with Crippen LogP contribution in [0.3, 0.4) is 0 Å². The van der Waals surface area contributed by atoms with E-state index in [2.05, 4.69) is 25.5 Å². The Morgan fingerprint density at radius 1 is 1.23 bits per heavy atom. The van der Waals surface area contributed by atoms with Crippen molar-refractivity contribution >= 4 is 23.7 Å². The number of thioether (sulfide) groups is 1. The normalized spacial score (nSPS) is 35.4. The summed E-state index contributed by atoms with van der Waals surface area (Å²) in [5.74, 6) is 0.758. The average molecular weight is 330 g/mol. The minimum absolute atomic E-state index is 0.0439. The van der Waals surface area contributed by atoms with Crippen molar-refractivity contribution in [1.29, 1.82) is 0 Å². The van der Waals surface area contributed by atoms with Crippen molar-refractivity contribution in [2.45, 2.75) is 56.8 Å². The number of hydrogen-bond donors (Lipinski definition) is 0. The van der Waals surface area contributed by atoms with Crippen LogP contribution in [0.1, 0.15) is 40.0 Å². The SMILES string of the molecule is COC(=O)[C@@H]1CO[C@H](C(=O)O[C@@H]2C[C@H](C)CC[C@H]2C(C)C)S1. The van der Waals surface area contributed by atoms with Crippen LogP contribution in [0.15, 0.2) is 0 Å². The number of hydrogen-bond acceptors (Lipinski definition) is 6. The van der Waals surface area contributed by atoms with Crippen molar-refractivity contribution in [3.05, 3.63) is 0 Å². The van der Waals surface area contributed by atoms with Gasteiger partial charge in [0, 0.05) is 0 Å². The zero-order valence-electron chi connectivity index (χ0n) is 13.7. The minimum Gasteiger partial charge on any atom is -0.468 e. The molecule has 0 aromatic carbocycles. The largest absolute Gasteiger partial charge is 0.468 e. The summed E-state index contributed by atoms with van der Waals surface area (Å²) >= 11 is 1.18. The highest BCUT2D eigenvalue weighted by atomic mass is 32.2. The molecule has 2 rings (SSSR count). The van der Waals surface area contributed by atoms with Crippen molar-refractivity contribution in [3.63, 3.8) is 0 Å². The second kappa shape index (κ2) is 7.68. The maximum absolute atomic E-state index is 12.3. The zero-order chi connectivity index (χ0) is 16.3. The molecule has 126 valence electrons. The second-order valence-corrected chi connectivity index (χ2v) is 7.88. The van der Waals surface area contributed by atoms with Gasteiger partial charge in [0.25, 0.3) is 0 Å². The Kier molecular flexibility index (Phi) is 6.15. The lowest BCUT2D eigenvalue weighted by atomic mass is 9.75. The first kappa shape index (κ1) is 17.6. The van der Waals surface area contributed by atoms with Crippen LogP contribution in [0.25, 0.3) is 0 Å². The van der Waals surface area contributed by atoms with Crippen LogP contribution in [0.2, 0.25) is 0 Å². The summed E-state index contributed by atoms with van der Waals surface area (Å²) in [5, 5.41) is -0.436. The molecular weight excluding hydrogens is 304 g/mol. The van der Waals surface area contributed by atoms with Crippen LogP contribution in [-0.4, -0.2) is 42.4 Å². The highest BCUT2D eigenvalue weighted by Crippen LogP contribution is 2.37. The van der Waals surface area contributed by atoms with E-state index in [9.17, 15) is 9.59 Å². The Morgan fingerprint density at radius 3 is 2.59 bits per heavy atom. The van der Waals surface area contributed by atoms with Crippen LogP contribution in [0.5, 0.6) is 0 Å². The molecule has 0 aromatic rings. The first-order chi connectivity index (χ1) is 10.4. The lowest BCUT2D eigenvalue weighted by molar-refractivity contribution is -0.163. The third kappa shape index (κ3) is 4.16. The summed E-state index contributed by atoms with van der Waals surface area (Å²) in [4.78, 5) is 23.8. The smallest absolute Gasteiger partial charge is 0.346 e. The molecule has 1 saturated carbocycles. The van der Waals surface area contributed by atoms with E-state index in [0.717, 1.165) is 12.8 Å². The summed E-state index contributed by atoms with van der Waals surface area (Å²) < 4.78 is 15.8. The van der Waals surface area contributed by atoms with Crippen LogP contribution >= 0.6 is 11.8 Å². The van der Waals surface area contributed by atoms with E-state index < -0.39 is 10.7 Å². The van der Waals surface area contributed by atoms with Gasteiger partial charge < -0.3 is 14.2 Å². The van der Waals surface area contributed by atoms with Gasteiger partial charge in [-0.25, -0.2) is 4.79 Å².